The van der Waals surface area contributed by atoms with Crippen LogP contribution in [0.15, 0.2) is 0 Å². The fourth-order valence-electron chi connectivity index (χ4n) is 3.34. The Balaban J connectivity index is 4.39. The Hall–Kier alpha value is -0.960. The lowest BCUT2D eigenvalue weighted by molar-refractivity contribution is 0.107. The molecule has 0 aromatic rings. The minimum atomic E-state index is -1.01. The molecule has 0 saturated carbocycles. The predicted octanol–water partition coefficient (Wildman–Crippen LogP) is 5.95. The molecule has 0 aliphatic carbocycles. The van der Waals surface area contributed by atoms with Gasteiger partial charge in [0.2, 0.25) is 0 Å². The Morgan fingerprint density at radius 2 is 1.41 bits per heavy atom. The van der Waals surface area contributed by atoms with Crippen LogP contribution in [-0.4, -0.2) is 21.4 Å². The maximum absolute atomic E-state index is 9.99. The summed E-state index contributed by atoms with van der Waals surface area (Å²) in [6, 6.07) is 0. The molecule has 156 valence electrons. The second-order valence-electron chi connectivity index (χ2n) is 9.60. The average Bonchev–Trinajstić information content (AvgIpc) is 2.52. The molecule has 0 aliphatic heterocycles. The van der Waals surface area contributed by atoms with Crippen LogP contribution in [0.25, 0.3) is 0 Å². The van der Waals surface area contributed by atoms with E-state index in [1.165, 1.54) is 32.1 Å². The number of aliphatic hydroxyl groups is 2. The van der Waals surface area contributed by atoms with Gasteiger partial charge >= 0.3 is 0 Å². The molecule has 0 aliphatic rings. The Bertz CT molecular complexity index is 479. The van der Waals surface area contributed by atoms with Gasteiger partial charge in [0, 0.05) is 6.42 Å². The zero-order valence-corrected chi connectivity index (χ0v) is 18.8. The second-order valence-corrected chi connectivity index (χ2v) is 9.60. The van der Waals surface area contributed by atoms with Crippen LogP contribution in [0, 0.1) is 41.9 Å². The summed E-state index contributed by atoms with van der Waals surface area (Å²) in [5, 5.41) is 19.8. The van der Waals surface area contributed by atoms with Gasteiger partial charge in [-0.25, -0.2) is 0 Å². The van der Waals surface area contributed by atoms with Crippen molar-refractivity contribution in [3.05, 3.63) is 0 Å². The summed E-state index contributed by atoms with van der Waals surface area (Å²) in [6.07, 6.45) is 16.4. The predicted molar refractivity (Wildman–Crippen MR) is 117 cm³/mol. The van der Waals surface area contributed by atoms with Crippen LogP contribution in [0.1, 0.15) is 106 Å². The van der Waals surface area contributed by atoms with Gasteiger partial charge in [0.15, 0.2) is 0 Å². The molecular weight excluding hydrogens is 332 g/mol. The zero-order chi connectivity index (χ0) is 20.9. The third kappa shape index (κ3) is 16.9. The van der Waals surface area contributed by atoms with Crippen LogP contribution in [0.4, 0.5) is 0 Å². The number of rotatable bonds is 13. The number of terminal acetylenes is 1. The molecule has 0 radical (unpaired) electrons. The summed E-state index contributed by atoms with van der Waals surface area (Å²) in [6.45, 7) is 12.1. The summed E-state index contributed by atoms with van der Waals surface area (Å²) in [4.78, 5) is 0. The first-order valence-corrected chi connectivity index (χ1v) is 10.9. The van der Waals surface area contributed by atoms with Gasteiger partial charge in [-0.3, -0.25) is 0 Å². The molecule has 0 rings (SSSR count). The molecule has 2 heteroatoms. The van der Waals surface area contributed by atoms with E-state index in [-0.39, 0.29) is 0 Å². The van der Waals surface area contributed by atoms with E-state index in [9.17, 15) is 10.2 Å². The molecule has 0 amide bonds. The summed E-state index contributed by atoms with van der Waals surface area (Å²) in [7, 11) is 0. The highest BCUT2D eigenvalue weighted by atomic mass is 16.3. The normalized spacial score (nSPS) is 16.1. The van der Waals surface area contributed by atoms with Gasteiger partial charge in [-0.15, -0.1) is 12.3 Å². The SMILES string of the molecule is C#CC(C)(O)CCCC(CC#CC(C)(C)O)CCCC(C)CCCC(C)C. The Labute approximate surface area is 169 Å². The van der Waals surface area contributed by atoms with E-state index >= 15 is 0 Å². The first kappa shape index (κ1) is 26.0. The third-order valence-electron chi connectivity index (χ3n) is 5.16. The fraction of sp³-hybridized carbons (Fsp3) is 0.840. The molecule has 0 heterocycles. The molecule has 0 aromatic carbocycles. The highest BCUT2D eigenvalue weighted by Gasteiger charge is 2.17. The minimum Gasteiger partial charge on any atom is -0.378 e. The van der Waals surface area contributed by atoms with Crippen LogP contribution < -0.4 is 0 Å². The molecular formula is C25H44O2. The topological polar surface area (TPSA) is 40.5 Å². The molecule has 0 aromatic heterocycles. The smallest absolute Gasteiger partial charge is 0.122 e. The van der Waals surface area contributed by atoms with Gasteiger partial charge in [-0.05, 0) is 64.2 Å². The molecule has 2 nitrogen and oxygen atoms in total. The van der Waals surface area contributed by atoms with Crippen molar-refractivity contribution in [1.29, 1.82) is 0 Å². The summed E-state index contributed by atoms with van der Waals surface area (Å²) in [5.41, 5.74) is -1.93. The van der Waals surface area contributed by atoms with E-state index in [1.807, 2.05) is 0 Å². The number of hydrogen-bond donors (Lipinski definition) is 2. The van der Waals surface area contributed by atoms with Crippen molar-refractivity contribution in [2.45, 2.75) is 117 Å². The maximum atomic E-state index is 9.99. The quantitative estimate of drug-likeness (QED) is 0.390. The molecule has 0 spiro atoms. The average molecular weight is 377 g/mol. The van der Waals surface area contributed by atoms with Crippen molar-refractivity contribution in [1.82, 2.24) is 0 Å². The van der Waals surface area contributed by atoms with Crippen LogP contribution in [0.2, 0.25) is 0 Å². The van der Waals surface area contributed by atoms with E-state index in [1.54, 1.807) is 20.8 Å². The molecule has 3 atom stereocenters. The van der Waals surface area contributed by atoms with Crippen molar-refractivity contribution in [2.75, 3.05) is 0 Å². The van der Waals surface area contributed by atoms with E-state index in [0.29, 0.717) is 12.3 Å². The second kappa shape index (κ2) is 13.3. The summed E-state index contributed by atoms with van der Waals surface area (Å²) < 4.78 is 0. The van der Waals surface area contributed by atoms with E-state index in [2.05, 4.69) is 38.5 Å². The van der Waals surface area contributed by atoms with Gasteiger partial charge in [-0.1, -0.05) is 64.7 Å². The maximum Gasteiger partial charge on any atom is 0.122 e. The van der Waals surface area contributed by atoms with E-state index in [0.717, 1.165) is 37.5 Å². The monoisotopic (exact) mass is 376 g/mol. The first-order chi connectivity index (χ1) is 12.4. The summed E-state index contributed by atoms with van der Waals surface area (Å²) >= 11 is 0. The van der Waals surface area contributed by atoms with Gasteiger partial charge in [-0.2, -0.15) is 0 Å². The van der Waals surface area contributed by atoms with Gasteiger partial charge in [0.1, 0.15) is 11.2 Å². The largest absolute Gasteiger partial charge is 0.378 e. The Morgan fingerprint density at radius 3 is 1.93 bits per heavy atom. The van der Waals surface area contributed by atoms with Crippen molar-refractivity contribution >= 4 is 0 Å². The highest BCUT2D eigenvalue weighted by molar-refractivity contribution is 5.10. The lowest BCUT2D eigenvalue weighted by Gasteiger charge is -2.20. The zero-order valence-electron chi connectivity index (χ0n) is 18.8. The molecule has 0 bridgehead atoms. The summed E-state index contributed by atoms with van der Waals surface area (Å²) in [5.74, 6) is 10.7. The van der Waals surface area contributed by atoms with Gasteiger partial charge in [0.25, 0.3) is 0 Å². The number of hydrogen-bond acceptors (Lipinski definition) is 2. The molecule has 27 heavy (non-hydrogen) atoms. The van der Waals surface area contributed by atoms with Crippen molar-refractivity contribution in [2.24, 2.45) is 17.8 Å². The fourth-order valence-corrected chi connectivity index (χ4v) is 3.34. The van der Waals surface area contributed by atoms with E-state index < -0.39 is 11.2 Å². The van der Waals surface area contributed by atoms with Crippen LogP contribution >= 0.6 is 0 Å². The molecule has 0 fully saturated rings. The molecule has 3 unspecified atom stereocenters. The Kier molecular flexibility index (Phi) is 12.8. The molecule has 0 saturated heterocycles. The van der Waals surface area contributed by atoms with E-state index in [4.69, 9.17) is 6.42 Å². The standard InChI is InChI=1S/C25H44O2/c1-8-25(7,27)20-12-18-23(17-11-19-24(5,6)26)16-10-15-22(4)14-9-13-21(2)3/h1,21-23,26-27H,9-10,12-18,20H2,2-7H3. The van der Waals surface area contributed by atoms with Gasteiger partial charge < -0.3 is 10.2 Å². The first-order valence-electron chi connectivity index (χ1n) is 10.9. The van der Waals surface area contributed by atoms with Gasteiger partial charge in [0.05, 0.1) is 0 Å². The third-order valence-corrected chi connectivity index (χ3v) is 5.16. The van der Waals surface area contributed by atoms with Crippen LogP contribution in [0.3, 0.4) is 0 Å². The van der Waals surface area contributed by atoms with Crippen molar-refractivity contribution < 1.29 is 10.2 Å². The van der Waals surface area contributed by atoms with Crippen molar-refractivity contribution in [3.8, 4) is 24.2 Å². The minimum absolute atomic E-state index is 0.510. The van der Waals surface area contributed by atoms with Crippen LogP contribution in [0.5, 0.6) is 0 Å². The highest BCUT2D eigenvalue weighted by Crippen LogP contribution is 2.25. The van der Waals surface area contributed by atoms with Crippen LogP contribution in [-0.2, 0) is 0 Å². The van der Waals surface area contributed by atoms with Crippen molar-refractivity contribution in [3.63, 3.8) is 0 Å². The lowest BCUT2D eigenvalue weighted by Crippen LogP contribution is -2.21. The molecule has 2 N–H and O–H groups in total. The lowest BCUT2D eigenvalue weighted by atomic mass is 9.88. The Morgan fingerprint density at radius 1 is 0.852 bits per heavy atom.